The molecule has 0 radical (unpaired) electrons. The number of aromatic amines is 1. The highest BCUT2D eigenvalue weighted by molar-refractivity contribution is 6.30. The maximum absolute atomic E-state index is 13.9. The van der Waals surface area contributed by atoms with E-state index in [1.807, 2.05) is 31.2 Å². The molecule has 8 heteroatoms. The first-order chi connectivity index (χ1) is 16.0. The van der Waals surface area contributed by atoms with Gasteiger partial charge in [-0.2, -0.15) is 0 Å². The van der Waals surface area contributed by atoms with Gasteiger partial charge in [-0.3, -0.25) is 9.69 Å². The van der Waals surface area contributed by atoms with Crippen LogP contribution in [0.25, 0.3) is 0 Å². The Morgan fingerprint density at radius 1 is 1.27 bits per heavy atom. The number of carbonyl (C=O) groups excluding carboxylic acids is 1. The molecular formula is C25H29ClFN5O. The van der Waals surface area contributed by atoms with E-state index in [9.17, 15) is 9.18 Å². The maximum Gasteiger partial charge on any atom is 0.237 e. The fraction of sp³-hybridized carbons (Fsp3) is 0.360. The standard InChI is InChI=1S/C25H29ClFN5O/c1-17-23(31-16-30-17)13-29-21-12-24(32(15-21)14-18-5-4-7-20(26)11-18)25(33)28-10-9-19-6-2-3-8-22(19)27/h2-8,11,16,21,24,29H,9-10,12-15H2,1H3,(H,28,33)(H,30,31)/t21-,24-/m0/s1. The second-order valence-electron chi connectivity index (χ2n) is 8.50. The van der Waals surface area contributed by atoms with E-state index in [4.69, 9.17) is 11.6 Å². The van der Waals surface area contributed by atoms with Gasteiger partial charge in [0, 0.05) is 42.9 Å². The monoisotopic (exact) mass is 469 g/mol. The van der Waals surface area contributed by atoms with Gasteiger partial charge in [-0.25, -0.2) is 9.37 Å². The van der Waals surface area contributed by atoms with Crippen molar-refractivity contribution in [1.29, 1.82) is 0 Å². The molecule has 4 rings (SSSR count). The fourth-order valence-electron chi connectivity index (χ4n) is 4.31. The molecule has 2 atom stereocenters. The van der Waals surface area contributed by atoms with Crippen LogP contribution in [0.4, 0.5) is 4.39 Å². The van der Waals surface area contributed by atoms with Gasteiger partial charge in [0.05, 0.1) is 18.1 Å². The largest absolute Gasteiger partial charge is 0.354 e. The lowest BCUT2D eigenvalue weighted by Gasteiger charge is -2.23. The molecule has 2 heterocycles. The zero-order chi connectivity index (χ0) is 23.2. The number of halogens is 2. The first-order valence-electron chi connectivity index (χ1n) is 11.2. The van der Waals surface area contributed by atoms with E-state index in [1.165, 1.54) is 6.07 Å². The minimum absolute atomic E-state index is 0.0337. The van der Waals surface area contributed by atoms with E-state index in [-0.39, 0.29) is 23.8 Å². The number of likely N-dealkylation sites (tertiary alicyclic amines) is 1. The summed E-state index contributed by atoms with van der Waals surface area (Å²) in [5.41, 5.74) is 3.69. The van der Waals surface area contributed by atoms with Gasteiger partial charge in [-0.05, 0) is 49.1 Å². The molecule has 1 aliphatic rings. The Hall–Kier alpha value is -2.74. The van der Waals surface area contributed by atoms with Crippen molar-refractivity contribution < 1.29 is 9.18 Å². The first-order valence-corrected chi connectivity index (χ1v) is 11.6. The van der Waals surface area contributed by atoms with Gasteiger partial charge in [0.15, 0.2) is 0 Å². The number of rotatable bonds is 9. The van der Waals surface area contributed by atoms with E-state index in [0.29, 0.717) is 43.1 Å². The minimum Gasteiger partial charge on any atom is -0.354 e. The van der Waals surface area contributed by atoms with Crippen LogP contribution in [0, 0.1) is 12.7 Å². The lowest BCUT2D eigenvalue weighted by atomic mass is 10.1. The predicted octanol–water partition coefficient (Wildman–Crippen LogP) is 3.60. The van der Waals surface area contributed by atoms with Crippen molar-refractivity contribution in [2.24, 2.45) is 0 Å². The van der Waals surface area contributed by atoms with Crippen LogP contribution in [0.2, 0.25) is 5.02 Å². The van der Waals surface area contributed by atoms with Gasteiger partial charge < -0.3 is 15.6 Å². The molecule has 0 unspecified atom stereocenters. The topological polar surface area (TPSA) is 73.0 Å². The van der Waals surface area contributed by atoms with Crippen molar-refractivity contribution in [1.82, 2.24) is 25.5 Å². The molecule has 1 aliphatic heterocycles. The molecule has 0 saturated carbocycles. The molecule has 0 bridgehead atoms. The number of carbonyl (C=O) groups is 1. The van der Waals surface area contributed by atoms with Crippen molar-refractivity contribution in [2.45, 2.75) is 44.9 Å². The Balaban J connectivity index is 1.39. The number of hydrogen-bond donors (Lipinski definition) is 3. The smallest absolute Gasteiger partial charge is 0.237 e. The highest BCUT2D eigenvalue weighted by atomic mass is 35.5. The Labute approximate surface area is 198 Å². The summed E-state index contributed by atoms with van der Waals surface area (Å²) in [6.45, 7) is 4.40. The second-order valence-corrected chi connectivity index (χ2v) is 8.93. The zero-order valence-corrected chi connectivity index (χ0v) is 19.4. The molecule has 3 N–H and O–H groups in total. The highest BCUT2D eigenvalue weighted by Crippen LogP contribution is 2.23. The van der Waals surface area contributed by atoms with Crippen molar-refractivity contribution in [2.75, 3.05) is 13.1 Å². The van der Waals surface area contributed by atoms with Gasteiger partial charge in [-0.15, -0.1) is 0 Å². The number of aromatic nitrogens is 2. The van der Waals surface area contributed by atoms with Gasteiger partial charge in [0.2, 0.25) is 5.91 Å². The Bertz CT molecular complexity index is 1090. The van der Waals surface area contributed by atoms with Crippen molar-refractivity contribution >= 4 is 17.5 Å². The SMILES string of the molecule is Cc1[nH]cnc1CN[C@H]1C[C@@H](C(=O)NCCc2ccccc2F)N(Cc2cccc(Cl)c2)C1. The molecule has 6 nitrogen and oxygen atoms in total. The number of nitrogens with one attached hydrogen (secondary N) is 3. The molecule has 1 fully saturated rings. The van der Waals surface area contributed by atoms with Crippen LogP contribution in [0.1, 0.15) is 28.9 Å². The van der Waals surface area contributed by atoms with Gasteiger partial charge in [0.25, 0.3) is 0 Å². The maximum atomic E-state index is 13.9. The number of imidazole rings is 1. The molecule has 3 aromatic rings. The molecule has 1 saturated heterocycles. The summed E-state index contributed by atoms with van der Waals surface area (Å²) >= 11 is 6.17. The van der Waals surface area contributed by atoms with Gasteiger partial charge in [0.1, 0.15) is 5.82 Å². The van der Waals surface area contributed by atoms with Crippen molar-refractivity contribution in [3.05, 3.63) is 88.2 Å². The van der Waals surface area contributed by atoms with Crippen LogP contribution >= 0.6 is 11.6 Å². The molecular weight excluding hydrogens is 441 g/mol. The summed E-state index contributed by atoms with van der Waals surface area (Å²) in [6.07, 6.45) is 2.84. The van der Waals surface area contributed by atoms with E-state index in [0.717, 1.165) is 23.5 Å². The first kappa shape index (κ1) is 23.4. The van der Waals surface area contributed by atoms with Crippen LogP contribution in [-0.2, 0) is 24.3 Å². The van der Waals surface area contributed by atoms with Crippen LogP contribution in [0.15, 0.2) is 54.9 Å². The number of aryl methyl sites for hydroxylation is 1. The van der Waals surface area contributed by atoms with E-state index < -0.39 is 0 Å². The summed E-state index contributed by atoms with van der Waals surface area (Å²) in [7, 11) is 0. The van der Waals surface area contributed by atoms with Crippen LogP contribution < -0.4 is 10.6 Å². The van der Waals surface area contributed by atoms with Crippen LogP contribution in [0.3, 0.4) is 0 Å². The number of amides is 1. The minimum atomic E-state index is -0.276. The molecule has 0 aliphatic carbocycles. The Morgan fingerprint density at radius 2 is 2.12 bits per heavy atom. The average Bonchev–Trinajstić information content (AvgIpc) is 3.39. The highest BCUT2D eigenvalue weighted by Gasteiger charge is 2.36. The van der Waals surface area contributed by atoms with Crippen LogP contribution in [-0.4, -0.2) is 45.9 Å². The third-order valence-corrected chi connectivity index (χ3v) is 6.36. The third kappa shape index (κ3) is 6.19. The molecule has 33 heavy (non-hydrogen) atoms. The molecule has 1 aromatic heterocycles. The number of nitrogens with zero attached hydrogens (tertiary/aromatic N) is 2. The summed E-state index contributed by atoms with van der Waals surface area (Å²) < 4.78 is 13.9. The third-order valence-electron chi connectivity index (χ3n) is 6.12. The van der Waals surface area contributed by atoms with Gasteiger partial charge >= 0.3 is 0 Å². The summed E-state index contributed by atoms with van der Waals surface area (Å²) in [4.78, 5) is 22.7. The summed E-state index contributed by atoms with van der Waals surface area (Å²) in [6, 6.07) is 14.3. The molecule has 1 amide bonds. The Kier molecular flexibility index (Phi) is 7.75. The van der Waals surface area contributed by atoms with E-state index in [1.54, 1.807) is 24.5 Å². The number of benzene rings is 2. The summed E-state index contributed by atoms with van der Waals surface area (Å²) in [5.74, 6) is -0.276. The van der Waals surface area contributed by atoms with Crippen molar-refractivity contribution in [3.63, 3.8) is 0 Å². The molecule has 2 aromatic carbocycles. The number of hydrogen-bond acceptors (Lipinski definition) is 4. The normalized spacial score (nSPS) is 18.5. The predicted molar refractivity (Wildman–Crippen MR) is 127 cm³/mol. The van der Waals surface area contributed by atoms with E-state index in [2.05, 4.69) is 25.5 Å². The van der Waals surface area contributed by atoms with E-state index >= 15 is 0 Å². The van der Waals surface area contributed by atoms with Gasteiger partial charge in [-0.1, -0.05) is 41.9 Å². The van der Waals surface area contributed by atoms with Crippen molar-refractivity contribution in [3.8, 4) is 0 Å². The zero-order valence-electron chi connectivity index (χ0n) is 18.7. The summed E-state index contributed by atoms with van der Waals surface area (Å²) in [5, 5.41) is 7.24. The second kappa shape index (κ2) is 10.9. The average molecular weight is 470 g/mol. The molecule has 174 valence electrons. The quantitative estimate of drug-likeness (QED) is 0.447. The lowest BCUT2D eigenvalue weighted by Crippen LogP contribution is -2.43. The fourth-order valence-corrected chi connectivity index (χ4v) is 4.53. The van der Waals surface area contributed by atoms with Crippen LogP contribution in [0.5, 0.6) is 0 Å². The Morgan fingerprint density at radius 3 is 2.88 bits per heavy atom. The number of H-pyrrole nitrogens is 1. The lowest BCUT2D eigenvalue weighted by molar-refractivity contribution is -0.125. The molecule has 0 spiro atoms.